The van der Waals surface area contributed by atoms with Gasteiger partial charge in [-0.3, -0.25) is 15.0 Å². The van der Waals surface area contributed by atoms with E-state index in [4.69, 9.17) is 9.47 Å². The van der Waals surface area contributed by atoms with E-state index in [9.17, 15) is 10.1 Å². The summed E-state index contributed by atoms with van der Waals surface area (Å²) in [6.07, 6.45) is 2.00. The molecule has 0 N–H and O–H groups in total. The molecule has 2 saturated heterocycles. The van der Waals surface area contributed by atoms with Crippen LogP contribution >= 0.6 is 0 Å². The number of ether oxygens (including phenoxy) is 2. The fourth-order valence-electron chi connectivity index (χ4n) is 3.30. The van der Waals surface area contributed by atoms with E-state index in [0.29, 0.717) is 0 Å². The topological polar surface area (TPSA) is 64.8 Å². The molecule has 0 bridgehead atoms. The maximum absolute atomic E-state index is 10.7. The number of benzene rings is 1. The minimum absolute atomic E-state index is 0.144. The van der Waals surface area contributed by atoms with Crippen LogP contribution in [0.1, 0.15) is 18.9 Å². The maximum Gasteiger partial charge on any atom is 0.269 e. The van der Waals surface area contributed by atoms with E-state index in [1.165, 1.54) is 0 Å². The third kappa shape index (κ3) is 3.14. The Kier molecular flexibility index (Phi) is 4.42. The van der Waals surface area contributed by atoms with Crippen molar-refractivity contribution in [2.24, 2.45) is 0 Å². The lowest BCUT2D eigenvalue weighted by Crippen LogP contribution is -2.55. The Morgan fingerprint density at radius 3 is 2.77 bits per heavy atom. The molecule has 2 atom stereocenters. The summed E-state index contributed by atoms with van der Waals surface area (Å²) in [7, 11) is 0. The van der Waals surface area contributed by atoms with Gasteiger partial charge in [0.05, 0.1) is 17.6 Å². The van der Waals surface area contributed by atoms with Crippen LogP contribution in [0.4, 0.5) is 5.69 Å². The van der Waals surface area contributed by atoms with Crippen molar-refractivity contribution in [3.63, 3.8) is 0 Å². The normalized spacial score (nSPS) is 29.0. The smallest absolute Gasteiger partial charge is 0.269 e. The second kappa shape index (κ2) is 6.32. The standard InChI is InChI=1S/C16H22N2O4/c1-13-16(7-10-21-13)12-17(9-11-22-16)8-6-14-2-4-15(5-3-14)18(19)20/h2-5,13H,6-12H2,1H3/t13-,16-/m1/s1. The van der Waals surface area contributed by atoms with Gasteiger partial charge < -0.3 is 9.47 Å². The van der Waals surface area contributed by atoms with E-state index in [1.54, 1.807) is 12.1 Å². The molecule has 0 aliphatic carbocycles. The molecule has 120 valence electrons. The van der Waals surface area contributed by atoms with Crippen molar-refractivity contribution < 1.29 is 14.4 Å². The molecular formula is C16H22N2O4. The SMILES string of the molecule is C[C@H]1OCC[C@@]12CN(CCc1ccc([N+](=O)[O-])cc1)CCO2. The zero-order chi connectivity index (χ0) is 15.6. The number of nitro benzene ring substituents is 1. The van der Waals surface area contributed by atoms with Crippen LogP contribution in [0.3, 0.4) is 0 Å². The predicted octanol–water partition coefficient (Wildman–Crippen LogP) is 2.02. The Morgan fingerprint density at radius 1 is 1.36 bits per heavy atom. The van der Waals surface area contributed by atoms with E-state index in [2.05, 4.69) is 11.8 Å². The largest absolute Gasteiger partial charge is 0.375 e. The molecule has 2 aliphatic heterocycles. The molecule has 22 heavy (non-hydrogen) atoms. The van der Waals surface area contributed by atoms with Gasteiger partial charge in [0.1, 0.15) is 5.60 Å². The van der Waals surface area contributed by atoms with Crippen LogP contribution in [-0.2, 0) is 15.9 Å². The highest BCUT2D eigenvalue weighted by atomic mass is 16.6. The third-order valence-electron chi connectivity index (χ3n) is 4.79. The summed E-state index contributed by atoms with van der Waals surface area (Å²) < 4.78 is 11.7. The Morgan fingerprint density at radius 2 is 2.14 bits per heavy atom. The van der Waals surface area contributed by atoms with Crippen LogP contribution in [0.15, 0.2) is 24.3 Å². The highest BCUT2D eigenvalue weighted by molar-refractivity contribution is 5.32. The van der Waals surface area contributed by atoms with Crippen molar-refractivity contribution in [1.82, 2.24) is 4.90 Å². The Labute approximate surface area is 130 Å². The van der Waals surface area contributed by atoms with Crippen molar-refractivity contribution in [3.8, 4) is 0 Å². The molecule has 0 radical (unpaired) electrons. The highest BCUT2D eigenvalue weighted by Crippen LogP contribution is 2.33. The second-order valence-corrected chi connectivity index (χ2v) is 6.13. The van der Waals surface area contributed by atoms with Gasteiger partial charge in [-0.1, -0.05) is 12.1 Å². The number of morpholine rings is 1. The molecule has 2 fully saturated rings. The molecule has 1 spiro atoms. The first-order valence-corrected chi connectivity index (χ1v) is 7.80. The molecule has 0 unspecified atom stereocenters. The zero-order valence-electron chi connectivity index (χ0n) is 12.9. The van der Waals surface area contributed by atoms with E-state index >= 15 is 0 Å². The summed E-state index contributed by atoms with van der Waals surface area (Å²) in [5, 5.41) is 10.7. The average molecular weight is 306 g/mol. The molecule has 0 saturated carbocycles. The van der Waals surface area contributed by atoms with Crippen LogP contribution in [0, 0.1) is 10.1 Å². The van der Waals surface area contributed by atoms with Crippen LogP contribution in [0.2, 0.25) is 0 Å². The van der Waals surface area contributed by atoms with Crippen LogP contribution in [0.25, 0.3) is 0 Å². The monoisotopic (exact) mass is 306 g/mol. The molecule has 6 heteroatoms. The number of hydrogen-bond donors (Lipinski definition) is 0. The first-order valence-electron chi connectivity index (χ1n) is 7.80. The third-order valence-corrected chi connectivity index (χ3v) is 4.79. The first kappa shape index (κ1) is 15.4. The van der Waals surface area contributed by atoms with Gasteiger partial charge in [-0.05, 0) is 18.9 Å². The molecule has 0 amide bonds. The van der Waals surface area contributed by atoms with E-state index < -0.39 is 0 Å². The van der Waals surface area contributed by atoms with Gasteiger partial charge in [-0.15, -0.1) is 0 Å². The molecule has 0 aromatic heterocycles. The summed E-state index contributed by atoms with van der Waals surface area (Å²) in [5.41, 5.74) is 1.13. The van der Waals surface area contributed by atoms with Crippen molar-refractivity contribution in [2.75, 3.05) is 32.8 Å². The summed E-state index contributed by atoms with van der Waals surface area (Å²) in [5.74, 6) is 0. The molecule has 3 rings (SSSR count). The lowest BCUT2D eigenvalue weighted by Gasteiger charge is -2.42. The Balaban J connectivity index is 1.56. The second-order valence-electron chi connectivity index (χ2n) is 6.13. The fourth-order valence-corrected chi connectivity index (χ4v) is 3.30. The number of hydrogen-bond acceptors (Lipinski definition) is 5. The van der Waals surface area contributed by atoms with E-state index in [0.717, 1.165) is 51.3 Å². The first-order chi connectivity index (χ1) is 10.6. The summed E-state index contributed by atoms with van der Waals surface area (Å²) in [4.78, 5) is 12.7. The lowest BCUT2D eigenvalue weighted by molar-refractivity contribution is -0.384. The van der Waals surface area contributed by atoms with Gasteiger partial charge in [0.15, 0.2) is 0 Å². The van der Waals surface area contributed by atoms with Crippen LogP contribution < -0.4 is 0 Å². The lowest BCUT2D eigenvalue weighted by atomic mass is 9.94. The summed E-state index contributed by atoms with van der Waals surface area (Å²) in [6, 6.07) is 6.83. The molecular weight excluding hydrogens is 284 g/mol. The summed E-state index contributed by atoms with van der Waals surface area (Å²) in [6.45, 7) is 6.39. The molecule has 6 nitrogen and oxygen atoms in total. The molecule has 1 aromatic rings. The number of rotatable bonds is 4. The molecule has 1 aromatic carbocycles. The van der Waals surface area contributed by atoms with Gasteiger partial charge in [-0.2, -0.15) is 0 Å². The predicted molar refractivity (Wildman–Crippen MR) is 82.0 cm³/mol. The fraction of sp³-hybridized carbons (Fsp3) is 0.625. The number of nitro groups is 1. The van der Waals surface area contributed by atoms with Crippen molar-refractivity contribution in [1.29, 1.82) is 0 Å². The summed E-state index contributed by atoms with van der Waals surface area (Å²) >= 11 is 0. The van der Waals surface area contributed by atoms with Gasteiger partial charge >= 0.3 is 0 Å². The Hall–Kier alpha value is -1.50. The minimum Gasteiger partial charge on any atom is -0.375 e. The molecule has 2 heterocycles. The van der Waals surface area contributed by atoms with Gasteiger partial charge in [0.2, 0.25) is 0 Å². The Bertz CT molecular complexity index is 533. The van der Waals surface area contributed by atoms with Crippen molar-refractivity contribution in [3.05, 3.63) is 39.9 Å². The maximum atomic E-state index is 10.7. The number of nitrogens with zero attached hydrogens (tertiary/aromatic N) is 2. The quantitative estimate of drug-likeness (QED) is 0.629. The molecule has 2 aliphatic rings. The van der Waals surface area contributed by atoms with Crippen molar-refractivity contribution in [2.45, 2.75) is 31.5 Å². The number of non-ortho nitro benzene ring substituents is 1. The van der Waals surface area contributed by atoms with Gasteiger partial charge in [0, 0.05) is 44.8 Å². The van der Waals surface area contributed by atoms with E-state index in [-0.39, 0.29) is 22.3 Å². The highest BCUT2D eigenvalue weighted by Gasteiger charge is 2.45. The van der Waals surface area contributed by atoms with Gasteiger partial charge in [0.25, 0.3) is 5.69 Å². The average Bonchev–Trinajstić information content (AvgIpc) is 2.86. The van der Waals surface area contributed by atoms with Gasteiger partial charge in [-0.25, -0.2) is 0 Å². The minimum atomic E-state index is -0.364. The zero-order valence-corrected chi connectivity index (χ0v) is 12.9. The van der Waals surface area contributed by atoms with Crippen LogP contribution in [0.5, 0.6) is 0 Å². The van der Waals surface area contributed by atoms with Crippen LogP contribution in [-0.4, -0.2) is 54.4 Å². The van der Waals surface area contributed by atoms with E-state index in [1.807, 2.05) is 12.1 Å². The van der Waals surface area contributed by atoms with Crippen molar-refractivity contribution >= 4 is 5.69 Å².